The predicted octanol–water partition coefficient (Wildman–Crippen LogP) is 4.00. The summed E-state index contributed by atoms with van der Waals surface area (Å²) >= 11 is 0. The van der Waals surface area contributed by atoms with Crippen molar-refractivity contribution >= 4 is 5.91 Å². The fourth-order valence-corrected chi connectivity index (χ4v) is 3.51. The summed E-state index contributed by atoms with van der Waals surface area (Å²) in [5.41, 5.74) is 3.27. The molecule has 2 aromatic rings. The van der Waals surface area contributed by atoms with Crippen LogP contribution >= 0.6 is 0 Å². The molecule has 1 aliphatic rings. The second-order valence-electron chi connectivity index (χ2n) is 7.41. The summed E-state index contributed by atoms with van der Waals surface area (Å²) in [5, 5.41) is 3.45. The molecule has 1 heterocycles. The van der Waals surface area contributed by atoms with Crippen molar-refractivity contribution in [3.8, 4) is 5.75 Å². The molecule has 4 heteroatoms. The first-order chi connectivity index (χ1) is 13.1. The molecule has 0 radical (unpaired) electrons. The summed E-state index contributed by atoms with van der Waals surface area (Å²) in [6.45, 7) is 5.45. The molecule has 1 saturated heterocycles. The van der Waals surface area contributed by atoms with Crippen LogP contribution in [0.2, 0.25) is 0 Å². The number of hydrogen-bond donors (Lipinski definition) is 1. The quantitative estimate of drug-likeness (QED) is 0.753. The maximum Gasteiger partial charge on any atom is 0.253 e. The zero-order chi connectivity index (χ0) is 19.1. The van der Waals surface area contributed by atoms with Crippen molar-refractivity contribution in [3.63, 3.8) is 0 Å². The molecule has 0 saturated carbocycles. The lowest BCUT2D eigenvalue weighted by molar-refractivity contribution is 0.0787. The van der Waals surface area contributed by atoms with Crippen molar-refractivity contribution in [3.05, 3.63) is 65.2 Å². The summed E-state index contributed by atoms with van der Waals surface area (Å²) in [6, 6.07) is 16.2. The molecule has 2 aromatic carbocycles. The molecule has 1 fully saturated rings. The van der Waals surface area contributed by atoms with E-state index in [0.29, 0.717) is 19.1 Å². The van der Waals surface area contributed by atoms with Crippen LogP contribution in [0, 0.1) is 6.92 Å². The number of hydrogen-bond acceptors (Lipinski definition) is 3. The van der Waals surface area contributed by atoms with Gasteiger partial charge in [0.2, 0.25) is 0 Å². The average Bonchev–Trinajstić information content (AvgIpc) is 2.72. The molecule has 4 nitrogen and oxygen atoms in total. The summed E-state index contributed by atoms with van der Waals surface area (Å²) < 4.78 is 5.75. The van der Waals surface area contributed by atoms with E-state index in [1.54, 1.807) is 4.90 Å². The van der Waals surface area contributed by atoms with Gasteiger partial charge in [-0.05, 0) is 68.5 Å². The molecule has 144 valence electrons. The van der Waals surface area contributed by atoms with Crippen LogP contribution in [0.3, 0.4) is 0 Å². The summed E-state index contributed by atoms with van der Waals surface area (Å²) in [6.07, 6.45) is 3.20. The van der Waals surface area contributed by atoms with Gasteiger partial charge in [0.15, 0.2) is 0 Å². The highest BCUT2D eigenvalue weighted by atomic mass is 16.5. The maximum atomic E-state index is 12.8. The van der Waals surface area contributed by atoms with Crippen molar-refractivity contribution in [2.75, 3.05) is 33.3 Å². The Hall–Kier alpha value is -2.33. The Morgan fingerprint density at radius 2 is 2.04 bits per heavy atom. The molecule has 1 aliphatic heterocycles. The molecule has 0 aromatic heterocycles. The zero-order valence-corrected chi connectivity index (χ0v) is 16.4. The molecule has 27 heavy (non-hydrogen) atoms. The van der Waals surface area contributed by atoms with Crippen molar-refractivity contribution < 1.29 is 9.53 Å². The Kier molecular flexibility index (Phi) is 6.88. The Balaban J connectivity index is 1.48. The Morgan fingerprint density at radius 3 is 2.78 bits per heavy atom. The highest BCUT2D eigenvalue weighted by Crippen LogP contribution is 2.24. The van der Waals surface area contributed by atoms with Gasteiger partial charge in [-0.1, -0.05) is 29.8 Å². The third kappa shape index (κ3) is 5.57. The first-order valence-electron chi connectivity index (χ1n) is 9.89. The lowest BCUT2D eigenvalue weighted by Crippen LogP contribution is -2.30. The van der Waals surface area contributed by atoms with Crippen LogP contribution in [-0.2, 0) is 0 Å². The van der Waals surface area contributed by atoms with Crippen molar-refractivity contribution in [2.24, 2.45) is 0 Å². The minimum absolute atomic E-state index is 0.0796. The van der Waals surface area contributed by atoms with Crippen LogP contribution in [0.5, 0.6) is 5.75 Å². The molecule has 0 spiro atoms. The molecule has 0 bridgehead atoms. The van der Waals surface area contributed by atoms with Gasteiger partial charge in [-0.2, -0.15) is 0 Å². The third-order valence-corrected chi connectivity index (χ3v) is 5.18. The molecule has 1 amide bonds. The minimum atomic E-state index is 0.0796. The van der Waals surface area contributed by atoms with E-state index in [-0.39, 0.29) is 5.91 Å². The van der Waals surface area contributed by atoms with E-state index in [1.165, 1.54) is 24.0 Å². The fourth-order valence-electron chi connectivity index (χ4n) is 3.51. The van der Waals surface area contributed by atoms with Crippen molar-refractivity contribution in [1.82, 2.24) is 10.2 Å². The first kappa shape index (κ1) is 19.4. The van der Waals surface area contributed by atoms with Crippen LogP contribution in [0.1, 0.15) is 46.7 Å². The second kappa shape index (κ2) is 9.56. The maximum absolute atomic E-state index is 12.8. The Morgan fingerprint density at radius 1 is 1.22 bits per heavy atom. The van der Waals surface area contributed by atoms with E-state index in [2.05, 4.69) is 24.4 Å². The summed E-state index contributed by atoms with van der Waals surface area (Å²) in [5.74, 6) is 1.47. The number of amides is 1. The zero-order valence-electron chi connectivity index (χ0n) is 16.4. The van der Waals surface area contributed by atoms with E-state index in [1.807, 2.05) is 43.4 Å². The van der Waals surface area contributed by atoms with E-state index in [9.17, 15) is 4.79 Å². The number of aryl methyl sites for hydroxylation is 1. The number of piperidine rings is 1. The lowest BCUT2D eigenvalue weighted by Gasteiger charge is -2.24. The molecule has 1 atom stereocenters. The molecule has 3 rings (SSSR count). The number of ether oxygens (including phenoxy) is 1. The summed E-state index contributed by atoms with van der Waals surface area (Å²) in [7, 11) is 1.86. The highest BCUT2D eigenvalue weighted by molar-refractivity contribution is 5.94. The van der Waals surface area contributed by atoms with Crippen molar-refractivity contribution in [1.29, 1.82) is 0 Å². The largest absolute Gasteiger partial charge is 0.494 e. The Labute approximate surface area is 162 Å². The van der Waals surface area contributed by atoms with Gasteiger partial charge in [-0.15, -0.1) is 0 Å². The second-order valence-corrected chi connectivity index (χ2v) is 7.41. The van der Waals surface area contributed by atoms with E-state index in [0.717, 1.165) is 30.8 Å². The fraction of sp³-hybridized carbons (Fsp3) is 0.435. The topological polar surface area (TPSA) is 41.6 Å². The van der Waals surface area contributed by atoms with Gasteiger partial charge in [-0.3, -0.25) is 4.79 Å². The normalized spacial score (nSPS) is 16.7. The number of carbonyl (C=O) groups excluding carboxylic acids is 1. The van der Waals surface area contributed by atoms with Crippen LogP contribution in [-0.4, -0.2) is 44.1 Å². The van der Waals surface area contributed by atoms with Crippen LogP contribution in [0.4, 0.5) is 0 Å². The van der Waals surface area contributed by atoms with E-state index in [4.69, 9.17) is 4.74 Å². The monoisotopic (exact) mass is 366 g/mol. The summed E-state index contributed by atoms with van der Waals surface area (Å²) in [4.78, 5) is 14.5. The smallest absolute Gasteiger partial charge is 0.253 e. The standard InChI is InChI=1S/C23H30N2O2/c1-18-9-11-22(12-10-18)27-15-5-14-25(2)23(26)20-7-3-6-19(16-20)21-8-4-13-24-17-21/h3,6-7,9-12,16,21,24H,4-5,8,13-15,17H2,1-2H3/t21-/m0/s1. The van der Waals surface area contributed by atoms with E-state index < -0.39 is 0 Å². The number of nitrogens with one attached hydrogen (secondary N) is 1. The highest BCUT2D eigenvalue weighted by Gasteiger charge is 2.17. The van der Waals surface area contributed by atoms with Gasteiger partial charge in [0.05, 0.1) is 6.61 Å². The third-order valence-electron chi connectivity index (χ3n) is 5.18. The van der Waals surface area contributed by atoms with Crippen molar-refractivity contribution in [2.45, 2.75) is 32.1 Å². The van der Waals surface area contributed by atoms with E-state index >= 15 is 0 Å². The van der Waals surface area contributed by atoms with Gasteiger partial charge in [-0.25, -0.2) is 0 Å². The van der Waals surface area contributed by atoms with Crippen LogP contribution in [0.25, 0.3) is 0 Å². The van der Waals surface area contributed by atoms with Gasteiger partial charge in [0.1, 0.15) is 5.75 Å². The van der Waals surface area contributed by atoms with Gasteiger partial charge in [0.25, 0.3) is 5.91 Å². The van der Waals surface area contributed by atoms with Crippen LogP contribution in [0.15, 0.2) is 48.5 Å². The lowest BCUT2D eigenvalue weighted by atomic mass is 9.90. The van der Waals surface area contributed by atoms with Gasteiger partial charge < -0.3 is 15.0 Å². The van der Waals surface area contributed by atoms with Crippen LogP contribution < -0.4 is 10.1 Å². The molecular weight excluding hydrogens is 336 g/mol. The van der Waals surface area contributed by atoms with Gasteiger partial charge in [0, 0.05) is 25.7 Å². The molecule has 1 N–H and O–H groups in total. The van der Waals surface area contributed by atoms with Gasteiger partial charge >= 0.3 is 0 Å². The number of benzene rings is 2. The Bertz CT molecular complexity index is 736. The number of carbonyl (C=O) groups is 1. The minimum Gasteiger partial charge on any atom is -0.494 e. The first-order valence-corrected chi connectivity index (χ1v) is 9.89. The number of nitrogens with zero attached hydrogens (tertiary/aromatic N) is 1. The molecule has 0 unspecified atom stereocenters. The molecule has 0 aliphatic carbocycles. The number of rotatable bonds is 7. The average molecular weight is 367 g/mol. The molecular formula is C23H30N2O2. The SMILES string of the molecule is Cc1ccc(OCCCN(C)C(=O)c2cccc([C@H]3CCCNC3)c2)cc1. The predicted molar refractivity (Wildman–Crippen MR) is 110 cm³/mol.